The number of halogens is 3. The standard InChI is InChI=1S/C15H9BrClFS/c16-12-6-3-5-10(15(12)18)14(17)11-8-19-13-7-2-1-4-9(11)13/h1-8,14H. The number of rotatable bonds is 2. The summed E-state index contributed by atoms with van der Waals surface area (Å²) in [5, 5.41) is 2.61. The van der Waals surface area contributed by atoms with E-state index in [9.17, 15) is 4.39 Å². The summed E-state index contributed by atoms with van der Waals surface area (Å²) in [7, 11) is 0. The van der Waals surface area contributed by atoms with Gasteiger partial charge in [-0.3, -0.25) is 0 Å². The third-order valence-corrected chi connectivity index (χ3v) is 5.10. The Kier molecular flexibility index (Phi) is 3.61. The minimum atomic E-state index is -0.478. The second-order valence-electron chi connectivity index (χ2n) is 4.19. The van der Waals surface area contributed by atoms with Crippen molar-refractivity contribution in [1.29, 1.82) is 0 Å². The molecule has 0 saturated heterocycles. The number of alkyl halides is 1. The predicted molar refractivity (Wildman–Crippen MR) is 83.6 cm³/mol. The van der Waals surface area contributed by atoms with Crippen molar-refractivity contribution in [3.63, 3.8) is 0 Å². The lowest BCUT2D eigenvalue weighted by molar-refractivity contribution is 0.606. The third kappa shape index (κ3) is 2.31. The van der Waals surface area contributed by atoms with E-state index in [1.54, 1.807) is 29.5 Å². The van der Waals surface area contributed by atoms with E-state index >= 15 is 0 Å². The van der Waals surface area contributed by atoms with E-state index in [4.69, 9.17) is 11.6 Å². The Morgan fingerprint density at radius 2 is 1.84 bits per heavy atom. The van der Waals surface area contributed by atoms with Gasteiger partial charge in [-0.25, -0.2) is 4.39 Å². The molecule has 19 heavy (non-hydrogen) atoms. The summed E-state index contributed by atoms with van der Waals surface area (Å²) in [6.07, 6.45) is 0. The molecule has 0 nitrogen and oxygen atoms in total. The SMILES string of the molecule is Fc1c(Br)cccc1C(Cl)c1csc2ccccc12. The molecule has 1 unspecified atom stereocenters. The second kappa shape index (κ2) is 5.23. The largest absolute Gasteiger partial charge is 0.205 e. The maximum Gasteiger partial charge on any atom is 0.142 e. The van der Waals surface area contributed by atoms with Crippen LogP contribution in [0, 0.1) is 5.82 Å². The molecule has 3 aromatic rings. The fraction of sp³-hybridized carbons (Fsp3) is 0.0667. The molecule has 1 aromatic heterocycles. The summed E-state index contributed by atoms with van der Waals surface area (Å²) in [5.41, 5.74) is 1.46. The Morgan fingerprint density at radius 3 is 2.68 bits per heavy atom. The minimum Gasteiger partial charge on any atom is -0.205 e. The summed E-state index contributed by atoms with van der Waals surface area (Å²) in [5.74, 6) is -0.294. The second-order valence-corrected chi connectivity index (χ2v) is 6.39. The molecule has 1 atom stereocenters. The summed E-state index contributed by atoms with van der Waals surface area (Å²) < 4.78 is 15.7. The van der Waals surface area contributed by atoms with Crippen molar-refractivity contribution in [2.45, 2.75) is 5.38 Å². The zero-order valence-corrected chi connectivity index (χ0v) is 12.9. The molecule has 3 rings (SSSR count). The first-order chi connectivity index (χ1) is 9.18. The highest BCUT2D eigenvalue weighted by Crippen LogP contribution is 2.39. The Labute approximate surface area is 128 Å². The average Bonchev–Trinajstić information content (AvgIpc) is 2.85. The molecule has 0 bridgehead atoms. The predicted octanol–water partition coefficient (Wildman–Crippen LogP) is 6.13. The normalized spacial score (nSPS) is 12.8. The van der Waals surface area contributed by atoms with Crippen LogP contribution in [0.1, 0.15) is 16.5 Å². The fourth-order valence-corrected chi connectivity index (χ4v) is 3.87. The quantitative estimate of drug-likeness (QED) is 0.485. The first-order valence-corrected chi connectivity index (χ1v) is 7.83. The summed E-state index contributed by atoms with van der Waals surface area (Å²) in [6.45, 7) is 0. The zero-order valence-electron chi connectivity index (χ0n) is 9.74. The third-order valence-electron chi connectivity index (χ3n) is 3.04. The lowest BCUT2D eigenvalue weighted by Crippen LogP contribution is -1.96. The lowest BCUT2D eigenvalue weighted by Gasteiger charge is -2.11. The van der Waals surface area contributed by atoms with Crippen molar-refractivity contribution in [3.05, 3.63) is 69.3 Å². The highest BCUT2D eigenvalue weighted by molar-refractivity contribution is 9.10. The Morgan fingerprint density at radius 1 is 1.05 bits per heavy atom. The smallest absolute Gasteiger partial charge is 0.142 e. The van der Waals surface area contributed by atoms with E-state index in [-0.39, 0.29) is 5.82 Å². The van der Waals surface area contributed by atoms with Crippen LogP contribution in [0.4, 0.5) is 4.39 Å². The highest BCUT2D eigenvalue weighted by atomic mass is 79.9. The molecule has 4 heteroatoms. The highest BCUT2D eigenvalue weighted by Gasteiger charge is 2.19. The molecule has 0 aliphatic carbocycles. The van der Waals surface area contributed by atoms with Gasteiger partial charge in [0.1, 0.15) is 5.82 Å². The van der Waals surface area contributed by atoms with E-state index in [0.717, 1.165) is 10.9 Å². The van der Waals surface area contributed by atoms with Crippen LogP contribution in [0.3, 0.4) is 0 Å². The summed E-state index contributed by atoms with van der Waals surface area (Å²) in [4.78, 5) is 0. The van der Waals surface area contributed by atoms with Crippen molar-refractivity contribution in [2.24, 2.45) is 0 Å². The van der Waals surface area contributed by atoms with Crippen LogP contribution < -0.4 is 0 Å². The molecule has 2 aromatic carbocycles. The van der Waals surface area contributed by atoms with Crippen molar-refractivity contribution in [3.8, 4) is 0 Å². The van der Waals surface area contributed by atoms with Crippen LogP contribution in [-0.2, 0) is 0 Å². The maximum atomic E-state index is 14.1. The van der Waals surface area contributed by atoms with Gasteiger partial charge in [0, 0.05) is 10.3 Å². The first-order valence-electron chi connectivity index (χ1n) is 5.72. The molecule has 1 heterocycles. The van der Waals surface area contributed by atoms with E-state index in [1.807, 2.05) is 29.6 Å². The molecule has 0 aliphatic rings. The van der Waals surface area contributed by atoms with Crippen LogP contribution in [0.15, 0.2) is 52.3 Å². The fourth-order valence-electron chi connectivity index (χ4n) is 2.08. The van der Waals surface area contributed by atoms with Gasteiger partial charge in [-0.05, 0) is 44.4 Å². The molecule has 0 amide bonds. The van der Waals surface area contributed by atoms with Crippen LogP contribution >= 0.6 is 38.9 Å². The van der Waals surface area contributed by atoms with Crippen molar-refractivity contribution >= 4 is 49.0 Å². The Balaban J connectivity index is 2.13. The van der Waals surface area contributed by atoms with E-state index in [0.29, 0.717) is 10.0 Å². The van der Waals surface area contributed by atoms with Gasteiger partial charge < -0.3 is 0 Å². The minimum absolute atomic E-state index is 0.294. The van der Waals surface area contributed by atoms with Gasteiger partial charge in [0.2, 0.25) is 0 Å². The molecule has 0 fully saturated rings. The summed E-state index contributed by atoms with van der Waals surface area (Å²) >= 11 is 11.3. The van der Waals surface area contributed by atoms with Crippen LogP contribution in [0.5, 0.6) is 0 Å². The van der Waals surface area contributed by atoms with E-state index < -0.39 is 5.38 Å². The molecule has 0 aliphatic heterocycles. The molecule has 0 saturated carbocycles. The van der Waals surface area contributed by atoms with Crippen LogP contribution in [-0.4, -0.2) is 0 Å². The molecule has 96 valence electrons. The molecular weight excluding hydrogens is 347 g/mol. The van der Waals surface area contributed by atoms with Crippen molar-refractivity contribution < 1.29 is 4.39 Å². The number of hydrogen-bond acceptors (Lipinski definition) is 1. The maximum absolute atomic E-state index is 14.1. The monoisotopic (exact) mass is 354 g/mol. The van der Waals surface area contributed by atoms with Gasteiger partial charge >= 0.3 is 0 Å². The van der Waals surface area contributed by atoms with Gasteiger partial charge in [-0.15, -0.1) is 22.9 Å². The van der Waals surface area contributed by atoms with Crippen LogP contribution in [0.2, 0.25) is 0 Å². The topological polar surface area (TPSA) is 0 Å². The molecule has 0 N–H and O–H groups in total. The van der Waals surface area contributed by atoms with Gasteiger partial charge in [-0.2, -0.15) is 0 Å². The van der Waals surface area contributed by atoms with Gasteiger partial charge in [0.15, 0.2) is 0 Å². The zero-order chi connectivity index (χ0) is 13.4. The number of benzene rings is 2. The molecule has 0 radical (unpaired) electrons. The number of thiophene rings is 1. The van der Waals surface area contributed by atoms with Gasteiger partial charge in [-0.1, -0.05) is 30.3 Å². The summed E-state index contributed by atoms with van der Waals surface area (Å²) in [6, 6.07) is 13.2. The lowest BCUT2D eigenvalue weighted by atomic mass is 10.0. The Hall–Kier alpha value is -0.900. The number of fused-ring (bicyclic) bond motifs is 1. The Bertz CT molecular complexity index is 738. The van der Waals surface area contributed by atoms with Gasteiger partial charge in [0.25, 0.3) is 0 Å². The van der Waals surface area contributed by atoms with E-state index in [2.05, 4.69) is 15.9 Å². The number of hydrogen-bond donors (Lipinski definition) is 0. The molecular formula is C15H9BrClFS. The van der Waals surface area contributed by atoms with Crippen molar-refractivity contribution in [2.75, 3.05) is 0 Å². The first kappa shape index (κ1) is 13.1. The molecule has 0 spiro atoms. The van der Waals surface area contributed by atoms with Gasteiger partial charge in [0.05, 0.1) is 9.85 Å². The van der Waals surface area contributed by atoms with Crippen molar-refractivity contribution in [1.82, 2.24) is 0 Å². The van der Waals surface area contributed by atoms with E-state index in [1.165, 1.54) is 4.70 Å². The van der Waals surface area contributed by atoms with Crippen LogP contribution in [0.25, 0.3) is 10.1 Å². The average molecular weight is 356 g/mol.